The first-order chi connectivity index (χ1) is 9.87. The lowest BCUT2D eigenvalue weighted by Crippen LogP contribution is -2.23. The van der Waals surface area contributed by atoms with Crippen molar-refractivity contribution in [3.63, 3.8) is 0 Å². The molecule has 4 heteroatoms. The molecule has 1 unspecified atom stereocenters. The molecule has 0 radical (unpaired) electrons. The Morgan fingerprint density at radius 2 is 1.50 bits per heavy atom. The van der Waals surface area contributed by atoms with Crippen molar-refractivity contribution in [3.8, 4) is 5.75 Å². The summed E-state index contributed by atoms with van der Waals surface area (Å²) < 4.78 is 0. The van der Waals surface area contributed by atoms with E-state index in [0.29, 0.717) is 18.6 Å². The Morgan fingerprint density at radius 1 is 1.09 bits per heavy atom. The van der Waals surface area contributed by atoms with Gasteiger partial charge in [0.2, 0.25) is 6.04 Å². The van der Waals surface area contributed by atoms with Gasteiger partial charge in [0.1, 0.15) is 5.75 Å². The van der Waals surface area contributed by atoms with Gasteiger partial charge in [0.25, 0.3) is 0 Å². The Hall–Kier alpha value is -1.58. The summed E-state index contributed by atoms with van der Waals surface area (Å²) in [6.45, 7) is 14.1. The molecule has 124 valence electrons. The molecule has 0 aliphatic heterocycles. The van der Waals surface area contributed by atoms with Crippen molar-refractivity contribution < 1.29 is 10.0 Å². The first kappa shape index (κ1) is 18.5. The van der Waals surface area contributed by atoms with Gasteiger partial charge in [-0.15, -0.1) is 0 Å². The lowest BCUT2D eigenvalue weighted by Gasteiger charge is -2.28. The van der Waals surface area contributed by atoms with Gasteiger partial charge in [-0.1, -0.05) is 60.6 Å². The molecular formula is C18H29NO3. The third-order valence-corrected chi connectivity index (χ3v) is 4.03. The van der Waals surface area contributed by atoms with Crippen LogP contribution in [0.4, 0.5) is 0 Å². The van der Waals surface area contributed by atoms with E-state index in [1.165, 1.54) is 0 Å². The van der Waals surface area contributed by atoms with Crippen molar-refractivity contribution in [2.24, 2.45) is 0 Å². The largest absolute Gasteiger partial charge is 0.507 e. The lowest BCUT2D eigenvalue weighted by molar-refractivity contribution is -0.522. The van der Waals surface area contributed by atoms with Crippen LogP contribution in [-0.4, -0.2) is 16.1 Å². The van der Waals surface area contributed by atoms with Crippen molar-refractivity contribution in [3.05, 3.63) is 38.9 Å². The molecule has 0 saturated heterocycles. The molecule has 1 N–H and O–H groups in total. The van der Waals surface area contributed by atoms with Gasteiger partial charge < -0.3 is 5.11 Å². The maximum atomic E-state index is 11.1. The summed E-state index contributed by atoms with van der Waals surface area (Å²) in [6, 6.07) is 3.28. The van der Waals surface area contributed by atoms with Crippen molar-refractivity contribution in [1.82, 2.24) is 0 Å². The minimum Gasteiger partial charge on any atom is -0.507 e. The Kier molecular flexibility index (Phi) is 5.26. The Balaban J connectivity index is 3.44. The van der Waals surface area contributed by atoms with Gasteiger partial charge in [-0.2, -0.15) is 0 Å². The molecule has 0 aliphatic carbocycles. The van der Waals surface area contributed by atoms with Crippen molar-refractivity contribution in [2.45, 2.75) is 78.2 Å². The second-order valence-electron chi connectivity index (χ2n) is 8.09. The number of benzene rings is 1. The summed E-state index contributed by atoms with van der Waals surface area (Å²) in [6.07, 6.45) is 0.902. The molecule has 0 aliphatic rings. The summed E-state index contributed by atoms with van der Waals surface area (Å²) in [4.78, 5) is 10.9. The summed E-state index contributed by atoms with van der Waals surface area (Å²) in [7, 11) is 0. The van der Waals surface area contributed by atoms with Crippen LogP contribution in [0.25, 0.3) is 0 Å². The fraction of sp³-hybridized carbons (Fsp3) is 0.667. The van der Waals surface area contributed by atoms with E-state index in [9.17, 15) is 15.2 Å². The molecule has 0 fully saturated rings. The fourth-order valence-corrected chi connectivity index (χ4v) is 2.60. The van der Waals surface area contributed by atoms with Gasteiger partial charge >= 0.3 is 0 Å². The maximum absolute atomic E-state index is 11.1. The molecule has 0 bridgehead atoms. The molecule has 1 aromatic rings. The molecule has 0 spiro atoms. The molecule has 0 amide bonds. The maximum Gasteiger partial charge on any atom is 0.216 e. The summed E-state index contributed by atoms with van der Waals surface area (Å²) in [5.74, 6) is 0.318. The van der Waals surface area contributed by atoms with Gasteiger partial charge in [-0.25, -0.2) is 0 Å². The van der Waals surface area contributed by atoms with Crippen LogP contribution in [0.1, 0.15) is 71.6 Å². The highest BCUT2D eigenvalue weighted by Crippen LogP contribution is 2.40. The lowest BCUT2D eigenvalue weighted by atomic mass is 9.78. The number of nitrogens with zero attached hydrogens (tertiary/aromatic N) is 1. The Bertz CT molecular complexity index is 515. The van der Waals surface area contributed by atoms with Gasteiger partial charge in [0, 0.05) is 17.8 Å². The molecule has 0 heterocycles. The normalized spacial score (nSPS) is 14.0. The standard InChI is InChI=1S/C18H29NO3/c1-8-13(19(21)22)9-12-10-14(17(2,3)4)16(20)15(11-12)18(5,6)7/h10-11,13,20H,8-9H2,1-7H3. The van der Waals surface area contributed by atoms with E-state index in [0.717, 1.165) is 16.7 Å². The van der Waals surface area contributed by atoms with Crippen LogP contribution in [0.3, 0.4) is 0 Å². The highest BCUT2D eigenvalue weighted by atomic mass is 16.6. The van der Waals surface area contributed by atoms with E-state index in [2.05, 4.69) is 0 Å². The van der Waals surface area contributed by atoms with Gasteiger partial charge in [-0.05, 0) is 27.5 Å². The number of phenols is 1. The van der Waals surface area contributed by atoms with Crippen LogP contribution in [0.5, 0.6) is 5.75 Å². The minimum absolute atomic E-state index is 0.208. The summed E-state index contributed by atoms with van der Waals surface area (Å²) in [5.41, 5.74) is 2.21. The molecule has 0 aromatic heterocycles. The fourth-order valence-electron chi connectivity index (χ4n) is 2.60. The van der Waals surface area contributed by atoms with Gasteiger partial charge in [0.15, 0.2) is 0 Å². The second kappa shape index (κ2) is 6.27. The minimum atomic E-state index is -0.579. The topological polar surface area (TPSA) is 63.4 Å². The number of nitro groups is 1. The highest BCUT2D eigenvalue weighted by Gasteiger charge is 2.28. The molecule has 0 saturated carbocycles. The molecule has 1 atom stereocenters. The third kappa shape index (κ3) is 4.21. The number of aromatic hydroxyl groups is 1. The molecule has 1 rings (SSSR count). The van der Waals surface area contributed by atoms with Crippen molar-refractivity contribution in [2.75, 3.05) is 0 Å². The molecule has 22 heavy (non-hydrogen) atoms. The highest BCUT2D eigenvalue weighted by molar-refractivity contribution is 5.50. The van der Waals surface area contributed by atoms with Crippen LogP contribution in [-0.2, 0) is 17.3 Å². The van der Waals surface area contributed by atoms with Gasteiger partial charge in [-0.3, -0.25) is 10.1 Å². The quantitative estimate of drug-likeness (QED) is 0.654. The number of hydrogen-bond donors (Lipinski definition) is 1. The average molecular weight is 307 g/mol. The van der Waals surface area contributed by atoms with E-state index in [1.807, 2.05) is 60.6 Å². The van der Waals surface area contributed by atoms with Gasteiger partial charge in [0.05, 0.1) is 0 Å². The number of phenolic OH excluding ortho intramolecular Hbond substituents is 1. The van der Waals surface area contributed by atoms with Crippen LogP contribution in [0, 0.1) is 10.1 Å². The van der Waals surface area contributed by atoms with Crippen LogP contribution >= 0.6 is 0 Å². The van der Waals surface area contributed by atoms with Crippen LogP contribution < -0.4 is 0 Å². The SMILES string of the molecule is CCC(Cc1cc(C(C)(C)C)c(O)c(C(C)(C)C)c1)[N+](=O)[O-]. The Morgan fingerprint density at radius 3 is 1.77 bits per heavy atom. The predicted octanol–water partition coefficient (Wildman–Crippen LogP) is 4.59. The zero-order valence-electron chi connectivity index (χ0n) is 14.9. The Labute approximate surface area is 133 Å². The van der Waals surface area contributed by atoms with E-state index >= 15 is 0 Å². The molecular weight excluding hydrogens is 278 g/mol. The summed E-state index contributed by atoms with van der Waals surface area (Å²) >= 11 is 0. The number of rotatable bonds is 4. The zero-order valence-corrected chi connectivity index (χ0v) is 14.9. The second-order valence-corrected chi connectivity index (χ2v) is 8.09. The predicted molar refractivity (Wildman–Crippen MR) is 90.3 cm³/mol. The smallest absolute Gasteiger partial charge is 0.216 e. The average Bonchev–Trinajstić information content (AvgIpc) is 2.34. The van der Waals surface area contributed by atoms with E-state index in [-0.39, 0.29) is 15.8 Å². The van der Waals surface area contributed by atoms with E-state index in [4.69, 9.17) is 0 Å². The summed E-state index contributed by atoms with van der Waals surface area (Å²) in [5, 5.41) is 21.8. The van der Waals surface area contributed by atoms with Crippen LogP contribution in [0.2, 0.25) is 0 Å². The van der Waals surface area contributed by atoms with E-state index in [1.54, 1.807) is 0 Å². The van der Waals surface area contributed by atoms with Crippen molar-refractivity contribution in [1.29, 1.82) is 0 Å². The zero-order chi connectivity index (χ0) is 17.3. The number of hydrogen-bond acceptors (Lipinski definition) is 3. The third-order valence-electron chi connectivity index (χ3n) is 4.03. The van der Waals surface area contributed by atoms with Crippen molar-refractivity contribution >= 4 is 0 Å². The first-order valence-electron chi connectivity index (χ1n) is 7.88. The molecule has 1 aromatic carbocycles. The molecule has 4 nitrogen and oxygen atoms in total. The van der Waals surface area contributed by atoms with E-state index < -0.39 is 6.04 Å². The van der Waals surface area contributed by atoms with Crippen LogP contribution in [0.15, 0.2) is 12.1 Å². The monoisotopic (exact) mass is 307 g/mol. The first-order valence-corrected chi connectivity index (χ1v) is 7.88.